The minimum atomic E-state index is -0.144. The number of halogens is 1. The normalized spacial score (nSPS) is 16.9. The minimum absolute atomic E-state index is 0.0273. The van der Waals surface area contributed by atoms with Gasteiger partial charge in [-0.2, -0.15) is 0 Å². The van der Waals surface area contributed by atoms with E-state index in [0.29, 0.717) is 36.3 Å². The molecule has 3 aromatic heterocycles. The van der Waals surface area contributed by atoms with Crippen LogP contribution < -0.4 is 10.1 Å². The standard InChI is InChI=1S/C28H29ClN6O2/c1-4-24(36)35-12-10-21(28(2,3)16-35)20-14-31-26-25(20)27(33-17-32-26)34-18-8-9-23(22(29)13-18)37-15-19-7-5-6-11-30-19/h4-9,11,13-14,17,21H,1,10,12,15-16H2,2-3H3,(H2,31,32,33,34). The Kier molecular flexibility index (Phi) is 6.84. The van der Waals surface area contributed by atoms with Crippen molar-refractivity contribution in [3.63, 3.8) is 0 Å². The molecule has 190 valence electrons. The quantitative estimate of drug-likeness (QED) is 0.299. The van der Waals surface area contributed by atoms with Crippen molar-refractivity contribution in [2.45, 2.75) is 32.8 Å². The fourth-order valence-corrected chi connectivity index (χ4v) is 5.31. The number of aromatic amines is 1. The molecule has 0 aliphatic carbocycles. The van der Waals surface area contributed by atoms with Gasteiger partial charge in [0.15, 0.2) is 0 Å². The van der Waals surface area contributed by atoms with Gasteiger partial charge in [0.1, 0.15) is 30.1 Å². The van der Waals surface area contributed by atoms with Crippen molar-refractivity contribution in [2.24, 2.45) is 5.41 Å². The number of nitrogens with zero attached hydrogens (tertiary/aromatic N) is 4. The number of benzene rings is 1. The summed E-state index contributed by atoms with van der Waals surface area (Å²) in [4.78, 5) is 30.7. The summed E-state index contributed by atoms with van der Waals surface area (Å²) >= 11 is 6.54. The highest BCUT2D eigenvalue weighted by atomic mass is 35.5. The van der Waals surface area contributed by atoms with Gasteiger partial charge in [0.2, 0.25) is 5.91 Å². The Bertz CT molecular complexity index is 1440. The first kappa shape index (κ1) is 24.8. The number of ether oxygens (including phenoxy) is 1. The van der Waals surface area contributed by atoms with Crippen molar-refractivity contribution in [3.05, 3.63) is 84.1 Å². The highest BCUT2D eigenvalue weighted by Gasteiger charge is 2.39. The lowest BCUT2D eigenvalue weighted by Crippen LogP contribution is -2.46. The number of piperidine rings is 1. The lowest BCUT2D eigenvalue weighted by Gasteiger charge is -2.44. The van der Waals surface area contributed by atoms with Gasteiger partial charge in [0.25, 0.3) is 0 Å². The maximum Gasteiger partial charge on any atom is 0.245 e. The van der Waals surface area contributed by atoms with Crippen LogP contribution in [0.4, 0.5) is 11.5 Å². The number of likely N-dealkylation sites (tertiary alicyclic amines) is 1. The number of H-pyrrole nitrogens is 1. The monoisotopic (exact) mass is 516 g/mol. The molecule has 5 rings (SSSR count). The smallest absolute Gasteiger partial charge is 0.245 e. The number of anilines is 2. The lowest BCUT2D eigenvalue weighted by atomic mass is 9.70. The van der Waals surface area contributed by atoms with E-state index in [4.69, 9.17) is 16.3 Å². The number of nitrogens with one attached hydrogen (secondary N) is 2. The molecular formula is C28H29ClN6O2. The van der Waals surface area contributed by atoms with Crippen LogP contribution in [0.5, 0.6) is 5.75 Å². The maximum absolute atomic E-state index is 12.2. The second kappa shape index (κ2) is 10.2. The molecule has 9 heteroatoms. The van der Waals surface area contributed by atoms with Crippen LogP contribution in [-0.2, 0) is 11.4 Å². The number of pyridine rings is 1. The molecule has 0 spiro atoms. The average molecular weight is 517 g/mol. The number of aromatic nitrogens is 4. The number of fused-ring (bicyclic) bond motifs is 1. The van der Waals surface area contributed by atoms with Gasteiger partial charge in [-0.1, -0.05) is 38.1 Å². The van der Waals surface area contributed by atoms with Gasteiger partial charge in [-0.25, -0.2) is 9.97 Å². The number of amides is 1. The molecule has 0 saturated carbocycles. The van der Waals surface area contributed by atoms with Gasteiger partial charge in [-0.15, -0.1) is 0 Å². The molecule has 1 fully saturated rings. The first-order valence-corrected chi connectivity index (χ1v) is 12.6. The summed E-state index contributed by atoms with van der Waals surface area (Å²) in [5.41, 5.74) is 3.36. The Balaban J connectivity index is 1.38. The first-order valence-electron chi connectivity index (χ1n) is 12.2. The predicted molar refractivity (Wildman–Crippen MR) is 145 cm³/mol. The topological polar surface area (TPSA) is 96.0 Å². The van der Waals surface area contributed by atoms with Crippen LogP contribution in [0.1, 0.15) is 37.4 Å². The third-order valence-electron chi connectivity index (χ3n) is 6.89. The molecule has 2 N–H and O–H groups in total. The van der Waals surface area contributed by atoms with Gasteiger partial charge in [0, 0.05) is 31.2 Å². The van der Waals surface area contributed by atoms with E-state index >= 15 is 0 Å². The molecule has 1 saturated heterocycles. The summed E-state index contributed by atoms with van der Waals surface area (Å²) in [5.74, 6) is 1.46. The van der Waals surface area contributed by atoms with Crippen LogP contribution in [0.25, 0.3) is 11.0 Å². The van der Waals surface area contributed by atoms with Gasteiger partial charge < -0.3 is 19.9 Å². The minimum Gasteiger partial charge on any atom is -0.486 e. The summed E-state index contributed by atoms with van der Waals surface area (Å²) in [6.07, 6.45) is 7.51. The number of carbonyl (C=O) groups excluding carboxylic acids is 1. The summed E-state index contributed by atoms with van der Waals surface area (Å²) < 4.78 is 5.85. The van der Waals surface area contributed by atoms with Crippen molar-refractivity contribution in [1.82, 2.24) is 24.8 Å². The molecule has 4 aromatic rings. The Morgan fingerprint density at radius 1 is 1.30 bits per heavy atom. The molecule has 1 aliphatic heterocycles. The molecule has 1 aromatic carbocycles. The van der Waals surface area contributed by atoms with E-state index in [0.717, 1.165) is 34.4 Å². The number of rotatable bonds is 7. The van der Waals surface area contributed by atoms with E-state index in [-0.39, 0.29) is 17.2 Å². The van der Waals surface area contributed by atoms with E-state index in [9.17, 15) is 4.79 Å². The zero-order valence-corrected chi connectivity index (χ0v) is 21.6. The van der Waals surface area contributed by atoms with Gasteiger partial charge in [-0.3, -0.25) is 9.78 Å². The van der Waals surface area contributed by atoms with Crippen molar-refractivity contribution in [3.8, 4) is 5.75 Å². The molecule has 1 atom stereocenters. The molecule has 0 radical (unpaired) electrons. The summed E-state index contributed by atoms with van der Waals surface area (Å²) in [6.45, 7) is 9.69. The Hall–Kier alpha value is -3.91. The van der Waals surface area contributed by atoms with E-state index < -0.39 is 0 Å². The molecule has 4 heterocycles. The zero-order valence-electron chi connectivity index (χ0n) is 20.9. The third-order valence-corrected chi connectivity index (χ3v) is 7.18. The summed E-state index contributed by atoms with van der Waals surface area (Å²) in [6, 6.07) is 11.2. The molecule has 1 unspecified atom stereocenters. The second-order valence-electron chi connectivity index (χ2n) is 9.86. The van der Waals surface area contributed by atoms with E-state index in [1.54, 1.807) is 6.20 Å². The molecule has 8 nitrogen and oxygen atoms in total. The predicted octanol–water partition coefficient (Wildman–Crippen LogP) is 5.86. The van der Waals surface area contributed by atoms with Crippen molar-refractivity contribution in [1.29, 1.82) is 0 Å². The fourth-order valence-electron chi connectivity index (χ4n) is 5.07. The van der Waals surface area contributed by atoms with Crippen LogP contribution in [-0.4, -0.2) is 43.8 Å². The molecule has 1 aliphatic rings. The van der Waals surface area contributed by atoms with Crippen LogP contribution in [0.15, 0.2) is 67.8 Å². The van der Waals surface area contributed by atoms with Crippen LogP contribution in [0.2, 0.25) is 5.02 Å². The van der Waals surface area contributed by atoms with E-state index in [2.05, 4.69) is 45.7 Å². The Labute approximate surface area is 220 Å². The second-order valence-corrected chi connectivity index (χ2v) is 10.3. The third kappa shape index (κ3) is 5.15. The van der Waals surface area contributed by atoms with Crippen molar-refractivity contribution in [2.75, 3.05) is 18.4 Å². The Morgan fingerprint density at radius 2 is 2.16 bits per heavy atom. The lowest BCUT2D eigenvalue weighted by molar-refractivity contribution is -0.129. The summed E-state index contributed by atoms with van der Waals surface area (Å²) in [5, 5.41) is 4.84. The van der Waals surface area contributed by atoms with E-state index in [1.165, 1.54) is 12.4 Å². The molecule has 1 amide bonds. The van der Waals surface area contributed by atoms with Crippen molar-refractivity contribution < 1.29 is 9.53 Å². The summed E-state index contributed by atoms with van der Waals surface area (Å²) in [7, 11) is 0. The zero-order chi connectivity index (χ0) is 26.0. The van der Waals surface area contributed by atoms with Gasteiger partial charge in [0.05, 0.1) is 16.1 Å². The van der Waals surface area contributed by atoms with Crippen LogP contribution in [0, 0.1) is 5.41 Å². The molecule has 0 bridgehead atoms. The van der Waals surface area contributed by atoms with Gasteiger partial charge >= 0.3 is 0 Å². The van der Waals surface area contributed by atoms with Crippen LogP contribution >= 0.6 is 11.6 Å². The number of carbonyl (C=O) groups is 1. The highest BCUT2D eigenvalue weighted by Crippen LogP contribution is 2.45. The average Bonchev–Trinajstić information content (AvgIpc) is 3.32. The van der Waals surface area contributed by atoms with Crippen molar-refractivity contribution >= 4 is 40.0 Å². The molecular weight excluding hydrogens is 488 g/mol. The number of hydrogen-bond donors (Lipinski definition) is 2. The van der Waals surface area contributed by atoms with E-state index in [1.807, 2.05) is 47.5 Å². The Morgan fingerprint density at radius 3 is 2.89 bits per heavy atom. The molecule has 37 heavy (non-hydrogen) atoms. The number of hydrogen-bond acceptors (Lipinski definition) is 6. The van der Waals surface area contributed by atoms with Crippen LogP contribution in [0.3, 0.4) is 0 Å². The largest absolute Gasteiger partial charge is 0.486 e. The highest BCUT2D eigenvalue weighted by molar-refractivity contribution is 6.32. The first-order chi connectivity index (χ1) is 17.9. The van der Waals surface area contributed by atoms with Gasteiger partial charge in [-0.05, 0) is 59.7 Å². The fraction of sp³-hybridized carbons (Fsp3) is 0.286. The maximum atomic E-state index is 12.2. The SMILES string of the molecule is C=CC(=O)N1CCC(c2c[nH]c3ncnc(Nc4ccc(OCc5ccccn5)c(Cl)c4)c23)C(C)(C)C1.